The van der Waals surface area contributed by atoms with Gasteiger partial charge >= 0.3 is 0 Å². The molecule has 1 aromatic carbocycles. The van der Waals surface area contributed by atoms with Crippen molar-refractivity contribution in [1.82, 2.24) is 14.8 Å². The number of nitrogens with zero attached hydrogens (tertiary/aromatic N) is 2. The standard InChI is InChI=1S/C23H28FN3O3/c1-3-20(16-8-11-18(24)12-9-16)26(2)22(29)15-27-14-17(10-13-21(27)28)23(30)25-19-6-4-5-7-19/h8-14,19-20H,3-7,15H2,1-2H3,(H,25,30)/t20-/m0/s1. The van der Waals surface area contributed by atoms with E-state index in [1.807, 2.05) is 6.92 Å². The van der Waals surface area contributed by atoms with Crippen LogP contribution in [0.15, 0.2) is 47.4 Å². The van der Waals surface area contributed by atoms with Gasteiger partial charge in [-0.3, -0.25) is 14.4 Å². The van der Waals surface area contributed by atoms with E-state index in [-0.39, 0.29) is 41.8 Å². The number of carbonyl (C=O) groups is 2. The lowest BCUT2D eigenvalue weighted by Gasteiger charge is -2.28. The van der Waals surface area contributed by atoms with Crippen LogP contribution in [0.25, 0.3) is 0 Å². The third kappa shape index (κ3) is 5.14. The number of halogens is 1. The number of pyridine rings is 1. The first kappa shape index (κ1) is 21.7. The molecule has 1 N–H and O–H groups in total. The fraction of sp³-hybridized carbons (Fsp3) is 0.435. The average molecular weight is 413 g/mol. The van der Waals surface area contributed by atoms with Gasteiger partial charge in [0, 0.05) is 25.4 Å². The summed E-state index contributed by atoms with van der Waals surface area (Å²) in [5, 5.41) is 2.99. The van der Waals surface area contributed by atoms with Crippen LogP contribution in [-0.4, -0.2) is 34.4 Å². The molecule has 2 amide bonds. The Kier molecular flexibility index (Phi) is 7.03. The lowest BCUT2D eigenvalue weighted by Crippen LogP contribution is -2.37. The van der Waals surface area contributed by atoms with E-state index in [0.29, 0.717) is 12.0 Å². The Labute approximate surface area is 175 Å². The summed E-state index contributed by atoms with van der Waals surface area (Å²) in [6.07, 6.45) is 6.24. The van der Waals surface area contributed by atoms with Crippen LogP contribution in [0, 0.1) is 5.82 Å². The first-order valence-corrected chi connectivity index (χ1v) is 10.4. The second-order valence-corrected chi connectivity index (χ2v) is 7.82. The topological polar surface area (TPSA) is 71.4 Å². The molecular formula is C23H28FN3O3. The number of benzene rings is 1. The molecule has 0 aliphatic heterocycles. The second-order valence-electron chi connectivity index (χ2n) is 7.82. The number of likely N-dealkylation sites (N-methyl/N-ethyl adjacent to an activating group) is 1. The minimum atomic E-state index is -0.344. The van der Waals surface area contributed by atoms with Crippen LogP contribution in [0.4, 0.5) is 4.39 Å². The van der Waals surface area contributed by atoms with E-state index >= 15 is 0 Å². The Balaban J connectivity index is 1.72. The van der Waals surface area contributed by atoms with Gasteiger partial charge in [0.15, 0.2) is 0 Å². The summed E-state index contributed by atoms with van der Waals surface area (Å²) in [6.45, 7) is 1.77. The minimum absolute atomic E-state index is 0.169. The third-order valence-electron chi connectivity index (χ3n) is 5.74. The van der Waals surface area contributed by atoms with E-state index < -0.39 is 0 Å². The molecule has 1 saturated carbocycles. The van der Waals surface area contributed by atoms with Crippen molar-refractivity contribution in [3.05, 3.63) is 69.9 Å². The lowest BCUT2D eigenvalue weighted by molar-refractivity contribution is -0.132. The molecule has 0 bridgehead atoms. The van der Waals surface area contributed by atoms with Gasteiger partial charge in [0.05, 0.1) is 11.6 Å². The Hall–Kier alpha value is -2.96. The maximum atomic E-state index is 13.2. The predicted octanol–water partition coefficient (Wildman–Crippen LogP) is 3.27. The molecule has 6 nitrogen and oxygen atoms in total. The number of nitrogens with one attached hydrogen (secondary N) is 1. The molecule has 0 unspecified atom stereocenters. The van der Waals surface area contributed by atoms with Crippen molar-refractivity contribution >= 4 is 11.8 Å². The summed E-state index contributed by atoms with van der Waals surface area (Å²) in [4.78, 5) is 39.2. The van der Waals surface area contributed by atoms with Crippen molar-refractivity contribution < 1.29 is 14.0 Å². The summed E-state index contributed by atoms with van der Waals surface area (Å²) in [6, 6.07) is 8.80. The van der Waals surface area contributed by atoms with E-state index in [2.05, 4.69) is 5.32 Å². The normalized spacial score (nSPS) is 15.0. The number of rotatable bonds is 7. The highest BCUT2D eigenvalue weighted by Gasteiger charge is 2.22. The molecule has 1 heterocycles. The van der Waals surface area contributed by atoms with Crippen LogP contribution in [0.2, 0.25) is 0 Å². The molecule has 1 aliphatic carbocycles. The molecule has 30 heavy (non-hydrogen) atoms. The van der Waals surface area contributed by atoms with Gasteiger partial charge in [-0.25, -0.2) is 4.39 Å². The van der Waals surface area contributed by atoms with E-state index in [1.54, 1.807) is 24.1 Å². The zero-order valence-corrected chi connectivity index (χ0v) is 17.4. The Bertz CT molecular complexity index is 949. The molecule has 3 rings (SSSR count). The van der Waals surface area contributed by atoms with Crippen molar-refractivity contribution in [3.8, 4) is 0 Å². The van der Waals surface area contributed by atoms with Crippen LogP contribution >= 0.6 is 0 Å². The zero-order chi connectivity index (χ0) is 21.7. The summed E-state index contributed by atoms with van der Waals surface area (Å²) in [5.74, 6) is -0.822. The van der Waals surface area contributed by atoms with Gasteiger partial charge < -0.3 is 14.8 Å². The molecule has 0 saturated heterocycles. The number of aromatic nitrogens is 1. The molecule has 7 heteroatoms. The predicted molar refractivity (Wildman–Crippen MR) is 113 cm³/mol. The van der Waals surface area contributed by atoms with Crippen molar-refractivity contribution in [2.75, 3.05) is 7.05 Å². The lowest BCUT2D eigenvalue weighted by atomic mass is 10.0. The third-order valence-corrected chi connectivity index (χ3v) is 5.74. The Morgan fingerprint density at radius 1 is 1.17 bits per heavy atom. The number of hydrogen-bond donors (Lipinski definition) is 1. The minimum Gasteiger partial charge on any atom is -0.349 e. The van der Waals surface area contributed by atoms with Crippen molar-refractivity contribution in [2.45, 2.75) is 57.7 Å². The Morgan fingerprint density at radius 2 is 1.83 bits per heavy atom. The first-order valence-electron chi connectivity index (χ1n) is 10.4. The molecule has 0 radical (unpaired) electrons. The summed E-state index contributed by atoms with van der Waals surface area (Å²) in [5.41, 5.74) is 0.846. The van der Waals surface area contributed by atoms with E-state index in [0.717, 1.165) is 31.2 Å². The average Bonchev–Trinajstić information content (AvgIpc) is 3.24. The highest BCUT2D eigenvalue weighted by molar-refractivity contribution is 5.94. The van der Waals surface area contributed by atoms with Gasteiger partial charge in [-0.2, -0.15) is 0 Å². The summed E-state index contributed by atoms with van der Waals surface area (Å²) >= 11 is 0. The van der Waals surface area contributed by atoms with Gasteiger partial charge in [-0.05, 0) is 43.0 Å². The van der Waals surface area contributed by atoms with Gasteiger partial charge in [-0.15, -0.1) is 0 Å². The molecule has 1 aliphatic rings. The van der Waals surface area contributed by atoms with Gasteiger partial charge in [0.2, 0.25) is 5.91 Å². The highest BCUT2D eigenvalue weighted by Crippen LogP contribution is 2.23. The van der Waals surface area contributed by atoms with E-state index in [4.69, 9.17) is 0 Å². The smallest absolute Gasteiger partial charge is 0.252 e. The highest BCUT2D eigenvalue weighted by atomic mass is 19.1. The molecule has 2 aromatic rings. The van der Waals surface area contributed by atoms with Crippen LogP contribution in [0.3, 0.4) is 0 Å². The molecule has 1 fully saturated rings. The summed E-state index contributed by atoms with van der Waals surface area (Å²) in [7, 11) is 1.67. The summed E-state index contributed by atoms with van der Waals surface area (Å²) < 4.78 is 14.5. The quantitative estimate of drug-likeness (QED) is 0.757. The Morgan fingerprint density at radius 3 is 2.47 bits per heavy atom. The van der Waals surface area contributed by atoms with Crippen LogP contribution < -0.4 is 10.9 Å². The maximum Gasteiger partial charge on any atom is 0.252 e. The van der Waals surface area contributed by atoms with Crippen molar-refractivity contribution in [1.29, 1.82) is 0 Å². The van der Waals surface area contributed by atoms with Crippen LogP contribution in [-0.2, 0) is 11.3 Å². The SMILES string of the molecule is CC[C@@H](c1ccc(F)cc1)N(C)C(=O)Cn1cc(C(=O)NC2CCCC2)ccc1=O. The number of hydrogen-bond acceptors (Lipinski definition) is 3. The molecule has 1 atom stereocenters. The zero-order valence-electron chi connectivity index (χ0n) is 17.4. The number of amides is 2. The maximum absolute atomic E-state index is 13.2. The fourth-order valence-corrected chi connectivity index (χ4v) is 3.98. The van der Waals surface area contributed by atoms with Gasteiger partial charge in [-0.1, -0.05) is 31.9 Å². The molecule has 1 aromatic heterocycles. The second kappa shape index (κ2) is 9.69. The van der Waals surface area contributed by atoms with Crippen LogP contribution in [0.5, 0.6) is 0 Å². The van der Waals surface area contributed by atoms with Crippen molar-refractivity contribution in [2.24, 2.45) is 0 Å². The van der Waals surface area contributed by atoms with E-state index in [9.17, 15) is 18.8 Å². The monoisotopic (exact) mass is 413 g/mol. The molecule has 0 spiro atoms. The fourth-order valence-electron chi connectivity index (χ4n) is 3.98. The largest absolute Gasteiger partial charge is 0.349 e. The molecular weight excluding hydrogens is 385 g/mol. The molecule has 160 valence electrons. The number of carbonyl (C=O) groups excluding carboxylic acids is 2. The van der Waals surface area contributed by atoms with Gasteiger partial charge in [0.1, 0.15) is 12.4 Å². The first-order chi connectivity index (χ1) is 14.4. The van der Waals surface area contributed by atoms with E-state index in [1.165, 1.54) is 35.0 Å². The van der Waals surface area contributed by atoms with Gasteiger partial charge in [0.25, 0.3) is 11.5 Å². The van der Waals surface area contributed by atoms with Crippen LogP contribution in [0.1, 0.15) is 61.0 Å². The van der Waals surface area contributed by atoms with Crippen molar-refractivity contribution in [3.63, 3.8) is 0 Å².